The number of ether oxygens (including phenoxy) is 2. The van der Waals surface area contributed by atoms with Gasteiger partial charge in [0.05, 0.1) is 29.9 Å². The van der Waals surface area contributed by atoms with Gasteiger partial charge < -0.3 is 14.8 Å². The molecule has 1 heterocycles. The lowest BCUT2D eigenvalue weighted by Crippen LogP contribution is -2.38. The Balaban J connectivity index is 2.04. The normalized spacial score (nSPS) is 14.0. The Morgan fingerprint density at radius 1 is 1.24 bits per heavy atom. The van der Waals surface area contributed by atoms with Crippen LogP contribution >= 0.6 is 11.6 Å². The molecule has 7 nitrogen and oxygen atoms in total. The number of sulfonamides is 1. The first-order chi connectivity index (χ1) is 13.5. The summed E-state index contributed by atoms with van der Waals surface area (Å²) in [5.74, 6) is -2.09. The van der Waals surface area contributed by atoms with Crippen molar-refractivity contribution in [3.8, 4) is 11.5 Å². The van der Waals surface area contributed by atoms with E-state index in [1.807, 2.05) is 0 Å². The van der Waals surface area contributed by atoms with E-state index in [-0.39, 0.29) is 34.5 Å². The molecule has 0 saturated heterocycles. The van der Waals surface area contributed by atoms with Gasteiger partial charge in [0.15, 0.2) is 0 Å². The number of nitrogens with zero attached hydrogens (tertiary/aromatic N) is 1. The molecule has 0 fully saturated rings. The summed E-state index contributed by atoms with van der Waals surface area (Å²) in [5.41, 5.74) is -0.240. The first kappa shape index (κ1) is 21.1. The number of amides is 1. The molecule has 0 aliphatic carbocycles. The molecule has 2 aromatic rings. The van der Waals surface area contributed by atoms with Crippen molar-refractivity contribution in [3.05, 3.63) is 41.4 Å². The molecular weight excluding hydrogens is 437 g/mol. The van der Waals surface area contributed by atoms with Crippen molar-refractivity contribution < 1.29 is 35.9 Å². The summed E-state index contributed by atoms with van der Waals surface area (Å²) < 4.78 is 75.5. The van der Waals surface area contributed by atoms with Gasteiger partial charge in [0.1, 0.15) is 18.1 Å². The van der Waals surface area contributed by atoms with Gasteiger partial charge in [0, 0.05) is 5.02 Å². The van der Waals surface area contributed by atoms with Gasteiger partial charge in [-0.25, -0.2) is 8.42 Å². The van der Waals surface area contributed by atoms with E-state index in [2.05, 4.69) is 0 Å². The van der Waals surface area contributed by atoms with Gasteiger partial charge in [-0.2, -0.15) is 13.2 Å². The monoisotopic (exact) mass is 450 g/mol. The molecule has 0 radical (unpaired) electrons. The van der Waals surface area contributed by atoms with Gasteiger partial charge in [-0.3, -0.25) is 9.10 Å². The Morgan fingerprint density at radius 2 is 1.97 bits per heavy atom. The number of alkyl halides is 3. The van der Waals surface area contributed by atoms with Gasteiger partial charge in [0.25, 0.3) is 10.0 Å². The van der Waals surface area contributed by atoms with Crippen molar-refractivity contribution in [2.75, 3.05) is 29.9 Å². The molecular formula is C17H14ClF3N2O5S. The zero-order valence-electron chi connectivity index (χ0n) is 14.8. The van der Waals surface area contributed by atoms with Gasteiger partial charge in [-0.1, -0.05) is 11.6 Å². The van der Waals surface area contributed by atoms with Crippen molar-refractivity contribution in [2.24, 2.45) is 0 Å². The van der Waals surface area contributed by atoms with Crippen LogP contribution in [0.25, 0.3) is 0 Å². The van der Waals surface area contributed by atoms with Crippen molar-refractivity contribution in [1.82, 2.24) is 0 Å². The number of carbonyl (C=O) groups is 1. The number of nitrogens with one attached hydrogen (secondary N) is 1. The largest absolute Gasteiger partial charge is 0.495 e. The standard InChI is InChI=1S/C17H14ClF3N2O5S/c1-27-14-5-3-11(9-12(14)22-16(24)17(19,20)21)29(25,26)23-6-7-28-15-4-2-10(18)8-13(15)23/h2-5,8-9H,6-7H2,1H3,(H,22,24). The van der Waals surface area contributed by atoms with Crippen LogP contribution in [0.3, 0.4) is 0 Å². The van der Waals surface area contributed by atoms with Gasteiger partial charge in [0.2, 0.25) is 0 Å². The topological polar surface area (TPSA) is 84.9 Å². The molecule has 0 unspecified atom stereocenters. The van der Waals surface area contributed by atoms with Crippen LogP contribution < -0.4 is 19.1 Å². The predicted octanol–water partition coefficient (Wildman–Crippen LogP) is 3.44. The molecule has 0 spiro atoms. The summed E-state index contributed by atoms with van der Waals surface area (Å²) in [5, 5.41) is 1.91. The highest BCUT2D eigenvalue weighted by Crippen LogP contribution is 2.38. The fourth-order valence-electron chi connectivity index (χ4n) is 2.68. The van der Waals surface area contributed by atoms with Crippen LogP contribution in [0.4, 0.5) is 24.5 Å². The second-order valence-electron chi connectivity index (χ2n) is 5.85. The second-order valence-corrected chi connectivity index (χ2v) is 8.15. The van der Waals surface area contributed by atoms with E-state index in [0.29, 0.717) is 5.75 Å². The average Bonchev–Trinajstić information content (AvgIpc) is 2.66. The Kier molecular flexibility index (Phi) is 5.54. The fraction of sp³-hybridized carbons (Fsp3) is 0.235. The molecule has 0 saturated carbocycles. The van der Waals surface area contributed by atoms with E-state index < -0.39 is 27.8 Å². The number of hydrogen-bond acceptors (Lipinski definition) is 5. The maximum Gasteiger partial charge on any atom is 0.471 e. The van der Waals surface area contributed by atoms with Crippen molar-refractivity contribution in [1.29, 1.82) is 0 Å². The summed E-state index contributed by atoms with van der Waals surface area (Å²) >= 11 is 5.96. The molecule has 0 bridgehead atoms. The zero-order valence-corrected chi connectivity index (χ0v) is 16.4. The third-order valence-corrected chi connectivity index (χ3v) is 6.05. The van der Waals surface area contributed by atoms with E-state index in [1.54, 1.807) is 5.32 Å². The van der Waals surface area contributed by atoms with E-state index >= 15 is 0 Å². The number of hydrogen-bond donors (Lipinski definition) is 1. The predicted molar refractivity (Wildman–Crippen MR) is 99.2 cm³/mol. The van der Waals surface area contributed by atoms with Crippen LogP contribution in [0.5, 0.6) is 11.5 Å². The van der Waals surface area contributed by atoms with E-state index in [4.69, 9.17) is 21.1 Å². The number of halogens is 4. The van der Waals surface area contributed by atoms with E-state index in [0.717, 1.165) is 22.5 Å². The van der Waals surface area contributed by atoms with Gasteiger partial charge in [-0.15, -0.1) is 0 Å². The minimum Gasteiger partial charge on any atom is -0.495 e. The number of fused-ring (bicyclic) bond motifs is 1. The molecule has 156 valence electrons. The lowest BCUT2D eigenvalue weighted by atomic mass is 10.2. The van der Waals surface area contributed by atoms with Gasteiger partial charge in [-0.05, 0) is 36.4 Å². The minimum absolute atomic E-state index is 0.0358. The summed E-state index contributed by atoms with van der Waals surface area (Å²) in [7, 11) is -3.03. The molecule has 0 aromatic heterocycles. The van der Waals surface area contributed by atoms with Crippen molar-refractivity contribution in [2.45, 2.75) is 11.1 Å². The maximum absolute atomic E-state index is 13.1. The van der Waals surface area contributed by atoms with E-state index in [9.17, 15) is 26.4 Å². The number of methoxy groups -OCH3 is 1. The Morgan fingerprint density at radius 3 is 2.62 bits per heavy atom. The molecule has 1 amide bonds. The summed E-state index contributed by atoms with van der Waals surface area (Å²) in [4.78, 5) is 10.9. The maximum atomic E-state index is 13.1. The third-order valence-electron chi connectivity index (χ3n) is 4.01. The van der Waals surface area contributed by atoms with Gasteiger partial charge >= 0.3 is 12.1 Å². The summed E-state index contributed by atoms with van der Waals surface area (Å²) in [6.45, 7) is 0.0353. The third kappa shape index (κ3) is 4.20. The lowest BCUT2D eigenvalue weighted by molar-refractivity contribution is -0.167. The van der Waals surface area contributed by atoms with E-state index in [1.165, 1.54) is 25.3 Å². The molecule has 2 aromatic carbocycles. The number of anilines is 2. The average molecular weight is 451 g/mol. The quantitative estimate of drug-likeness (QED) is 0.771. The Hall–Kier alpha value is -2.66. The molecule has 1 aliphatic rings. The van der Waals surface area contributed by atoms with Crippen LogP contribution in [-0.4, -0.2) is 40.8 Å². The zero-order chi connectivity index (χ0) is 21.4. The Bertz CT molecular complexity index is 1060. The molecule has 1 aliphatic heterocycles. The van der Waals surface area contributed by atoms with Crippen LogP contribution in [0.2, 0.25) is 5.02 Å². The fourth-order valence-corrected chi connectivity index (χ4v) is 4.33. The molecule has 1 N–H and O–H groups in total. The van der Waals surface area contributed by atoms with Crippen LogP contribution in [0, 0.1) is 0 Å². The van der Waals surface area contributed by atoms with Crippen LogP contribution in [0.1, 0.15) is 0 Å². The molecule has 12 heteroatoms. The molecule has 0 atom stereocenters. The highest BCUT2D eigenvalue weighted by atomic mass is 35.5. The molecule has 29 heavy (non-hydrogen) atoms. The van der Waals surface area contributed by atoms with Crippen LogP contribution in [0.15, 0.2) is 41.3 Å². The molecule has 3 rings (SSSR count). The lowest BCUT2D eigenvalue weighted by Gasteiger charge is -2.30. The smallest absolute Gasteiger partial charge is 0.471 e. The van der Waals surface area contributed by atoms with Crippen molar-refractivity contribution >= 4 is 38.9 Å². The highest BCUT2D eigenvalue weighted by Gasteiger charge is 2.39. The minimum atomic E-state index is -5.15. The summed E-state index contributed by atoms with van der Waals surface area (Å²) in [6.07, 6.45) is -5.15. The number of benzene rings is 2. The first-order valence-electron chi connectivity index (χ1n) is 8.05. The van der Waals surface area contributed by atoms with Crippen molar-refractivity contribution in [3.63, 3.8) is 0 Å². The SMILES string of the molecule is COc1ccc(S(=O)(=O)N2CCOc3ccc(Cl)cc32)cc1NC(=O)C(F)(F)F. The first-order valence-corrected chi connectivity index (χ1v) is 9.87. The number of carbonyl (C=O) groups excluding carboxylic acids is 1. The van der Waals surface area contributed by atoms with Crippen LogP contribution in [-0.2, 0) is 14.8 Å². The summed E-state index contributed by atoms with van der Waals surface area (Å²) in [6, 6.07) is 7.67. The highest BCUT2D eigenvalue weighted by molar-refractivity contribution is 7.92. The Labute approximate surface area is 169 Å². The number of rotatable bonds is 4. The second kappa shape index (κ2) is 7.64.